The Morgan fingerprint density at radius 3 is 2.04 bits per heavy atom. The molecule has 3 N–H and O–H groups in total. The summed E-state index contributed by atoms with van der Waals surface area (Å²) in [5.41, 5.74) is 7.15. The Labute approximate surface area is 143 Å². The van der Waals surface area contributed by atoms with Crippen molar-refractivity contribution in [3.8, 4) is 0 Å². The Bertz CT molecular complexity index is 707. The zero-order valence-corrected chi connectivity index (χ0v) is 14.2. The van der Waals surface area contributed by atoms with Crippen molar-refractivity contribution in [2.75, 3.05) is 6.54 Å². The van der Waals surface area contributed by atoms with Gasteiger partial charge in [-0.25, -0.2) is 0 Å². The largest absolute Gasteiger partial charge is 0.350 e. The molecule has 0 saturated heterocycles. The van der Waals surface area contributed by atoms with Gasteiger partial charge < -0.3 is 11.1 Å². The molecular formula is C20H24N2O2. The lowest BCUT2D eigenvalue weighted by molar-refractivity contribution is 0.0932. The van der Waals surface area contributed by atoms with Gasteiger partial charge >= 0.3 is 0 Å². The summed E-state index contributed by atoms with van der Waals surface area (Å²) in [6, 6.07) is 15.8. The molecular weight excluding hydrogens is 300 g/mol. The standard InChI is InChI=1S/C20H24N2O2/c1-3-20(21,4-2)14-22-19(24)17-13-9-8-12-16(17)18(23)15-10-6-5-7-11-15/h5-13H,3-4,14,21H2,1-2H3,(H,22,24). The summed E-state index contributed by atoms with van der Waals surface area (Å²) in [5.74, 6) is -0.432. The highest BCUT2D eigenvalue weighted by Gasteiger charge is 2.23. The highest BCUT2D eigenvalue weighted by molar-refractivity contribution is 6.15. The summed E-state index contributed by atoms with van der Waals surface area (Å²) in [4.78, 5) is 25.2. The summed E-state index contributed by atoms with van der Waals surface area (Å²) in [5, 5.41) is 2.87. The predicted octanol–water partition coefficient (Wildman–Crippen LogP) is 3.16. The molecule has 0 spiro atoms. The van der Waals surface area contributed by atoms with Crippen molar-refractivity contribution in [1.82, 2.24) is 5.32 Å². The van der Waals surface area contributed by atoms with Crippen molar-refractivity contribution in [3.63, 3.8) is 0 Å². The molecule has 2 rings (SSSR count). The fourth-order valence-electron chi connectivity index (χ4n) is 2.48. The number of hydrogen-bond acceptors (Lipinski definition) is 3. The van der Waals surface area contributed by atoms with Crippen LogP contribution in [0.3, 0.4) is 0 Å². The number of amides is 1. The first-order valence-electron chi connectivity index (χ1n) is 8.26. The molecule has 2 aromatic carbocycles. The molecule has 0 aliphatic rings. The van der Waals surface area contributed by atoms with Gasteiger partial charge in [-0.3, -0.25) is 9.59 Å². The number of carbonyl (C=O) groups excluding carboxylic acids is 2. The Hall–Kier alpha value is -2.46. The number of ketones is 1. The number of carbonyl (C=O) groups is 2. The first-order chi connectivity index (χ1) is 11.5. The van der Waals surface area contributed by atoms with E-state index in [0.717, 1.165) is 12.8 Å². The van der Waals surface area contributed by atoms with Crippen molar-refractivity contribution in [1.29, 1.82) is 0 Å². The van der Waals surface area contributed by atoms with E-state index in [1.54, 1.807) is 48.5 Å². The number of nitrogens with one attached hydrogen (secondary N) is 1. The molecule has 2 aromatic rings. The van der Waals surface area contributed by atoms with Crippen molar-refractivity contribution in [3.05, 3.63) is 71.3 Å². The van der Waals surface area contributed by atoms with Crippen LogP contribution in [0, 0.1) is 0 Å². The molecule has 0 bridgehead atoms. The number of nitrogens with two attached hydrogens (primary N) is 1. The summed E-state index contributed by atoms with van der Waals surface area (Å²) in [7, 11) is 0. The van der Waals surface area contributed by atoms with Gasteiger partial charge in [0.25, 0.3) is 5.91 Å². The average molecular weight is 324 g/mol. The van der Waals surface area contributed by atoms with Gasteiger partial charge in [0.1, 0.15) is 0 Å². The van der Waals surface area contributed by atoms with Crippen molar-refractivity contribution < 1.29 is 9.59 Å². The molecule has 0 aromatic heterocycles. The van der Waals surface area contributed by atoms with Crippen LogP contribution in [0.25, 0.3) is 0 Å². The van der Waals surface area contributed by atoms with Gasteiger partial charge in [-0.2, -0.15) is 0 Å². The fraction of sp³-hybridized carbons (Fsp3) is 0.300. The second-order valence-corrected chi connectivity index (χ2v) is 5.99. The maximum Gasteiger partial charge on any atom is 0.252 e. The van der Waals surface area contributed by atoms with E-state index in [2.05, 4.69) is 5.32 Å². The minimum absolute atomic E-state index is 0.161. The molecule has 0 aliphatic carbocycles. The molecule has 0 aliphatic heterocycles. The van der Waals surface area contributed by atoms with Gasteiger partial charge in [0.2, 0.25) is 0 Å². The molecule has 0 radical (unpaired) electrons. The summed E-state index contributed by atoms with van der Waals surface area (Å²) in [6.45, 7) is 4.39. The van der Waals surface area contributed by atoms with E-state index < -0.39 is 5.54 Å². The second-order valence-electron chi connectivity index (χ2n) is 5.99. The van der Waals surface area contributed by atoms with Crippen molar-refractivity contribution >= 4 is 11.7 Å². The van der Waals surface area contributed by atoms with Crippen molar-refractivity contribution in [2.45, 2.75) is 32.2 Å². The quantitative estimate of drug-likeness (QED) is 0.768. The van der Waals surface area contributed by atoms with Crippen LogP contribution < -0.4 is 11.1 Å². The molecule has 126 valence electrons. The molecule has 4 nitrogen and oxygen atoms in total. The molecule has 0 heterocycles. The van der Waals surface area contributed by atoms with Crippen LogP contribution in [0.4, 0.5) is 0 Å². The summed E-state index contributed by atoms with van der Waals surface area (Å²) < 4.78 is 0. The second kappa shape index (κ2) is 7.88. The predicted molar refractivity (Wildman–Crippen MR) is 96.2 cm³/mol. The third-order valence-corrected chi connectivity index (χ3v) is 4.46. The molecule has 0 fully saturated rings. The maximum absolute atomic E-state index is 12.7. The maximum atomic E-state index is 12.7. The molecule has 0 atom stereocenters. The van der Waals surface area contributed by atoms with Crippen LogP contribution >= 0.6 is 0 Å². The lowest BCUT2D eigenvalue weighted by Gasteiger charge is -2.27. The Kier molecular flexibility index (Phi) is 5.88. The molecule has 0 saturated carbocycles. The van der Waals surface area contributed by atoms with E-state index >= 15 is 0 Å². The molecule has 4 heteroatoms. The lowest BCUT2D eigenvalue weighted by Crippen LogP contribution is -2.49. The van der Waals surface area contributed by atoms with Gasteiger partial charge in [0.15, 0.2) is 5.78 Å². The molecule has 0 unspecified atom stereocenters. The number of rotatable bonds is 7. The van der Waals surface area contributed by atoms with Gasteiger partial charge in [-0.05, 0) is 18.9 Å². The topological polar surface area (TPSA) is 72.2 Å². The minimum atomic E-state index is -0.423. The van der Waals surface area contributed by atoms with E-state index in [1.165, 1.54) is 0 Å². The van der Waals surface area contributed by atoms with Crippen LogP contribution in [0.2, 0.25) is 0 Å². The van der Waals surface area contributed by atoms with E-state index in [-0.39, 0.29) is 11.7 Å². The molecule has 1 amide bonds. The third kappa shape index (κ3) is 4.09. The van der Waals surface area contributed by atoms with Crippen molar-refractivity contribution in [2.24, 2.45) is 5.73 Å². The zero-order valence-electron chi connectivity index (χ0n) is 14.2. The minimum Gasteiger partial charge on any atom is -0.350 e. The highest BCUT2D eigenvalue weighted by Crippen LogP contribution is 2.16. The fourth-order valence-corrected chi connectivity index (χ4v) is 2.48. The van der Waals surface area contributed by atoms with Gasteiger partial charge in [-0.15, -0.1) is 0 Å². The van der Waals surface area contributed by atoms with Gasteiger partial charge in [0.05, 0.1) is 5.56 Å². The SMILES string of the molecule is CCC(N)(CC)CNC(=O)c1ccccc1C(=O)c1ccccc1. The number of benzene rings is 2. The Balaban J connectivity index is 2.23. The van der Waals surface area contributed by atoms with Crippen LogP contribution in [0.1, 0.15) is 53.0 Å². The third-order valence-electron chi connectivity index (χ3n) is 4.46. The average Bonchev–Trinajstić information content (AvgIpc) is 2.66. The van der Waals surface area contributed by atoms with E-state index in [1.807, 2.05) is 19.9 Å². The number of hydrogen-bond donors (Lipinski definition) is 2. The van der Waals surface area contributed by atoms with E-state index in [4.69, 9.17) is 5.73 Å². The summed E-state index contributed by atoms with van der Waals surface area (Å²) in [6.07, 6.45) is 1.54. The van der Waals surface area contributed by atoms with Crippen LogP contribution in [-0.2, 0) is 0 Å². The Morgan fingerprint density at radius 2 is 1.46 bits per heavy atom. The Morgan fingerprint density at radius 1 is 0.917 bits per heavy atom. The first-order valence-corrected chi connectivity index (χ1v) is 8.26. The zero-order chi connectivity index (χ0) is 17.6. The van der Waals surface area contributed by atoms with E-state index in [9.17, 15) is 9.59 Å². The lowest BCUT2D eigenvalue weighted by atomic mass is 9.93. The van der Waals surface area contributed by atoms with Crippen LogP contribution in [0.15, 0.2) is 54.6 Å². The van der Waals surface area contributed by atoms with Gasteiger partial charge in [0, 0.05) is 23.2 Å². The van der Waals surface area contributed by atoms with Crippen LogP contribution in [-0.4, -0.2) is 23.8 Å². The highest BCUT2D eigenvalue weighted by atomic mass is 16.2. The monoisotopic (exact) mass is 324 g/mol. The normalized spacial score (nSPS) is 11.1. The van der Waals surface area contributed by atoms with E-state index in [0.29, 0.717) is 23.2 Å². The van der Waals surface area contributed by atoms with Gasteiger partial charge in [-0.1, -0.05) is 62.4 Å². The summed E-state index contributed by atoms with van der Waals surface area (Å²) >= 11 is 0. The first kappa shape index (κ1) is 17.9. The molecule has 24 heavy (non-hydrogen) atoms. The smallest absolute Gasteiger partial charge is 0.252 e. The van der Waals surface area contributed by atoms with Crippen LogP contribution in [0.5, 0.6) is 0 Å².